The zero-order valence-electron chi connectivity index (χ0n) is 6.12. The lowest BCUT2D eigenvalue weighted by molar-refractivity contribution is -0.0694. The minimum Gasteiger partial charge on any atom is -0.436 e. The zero-order chi connectivity index (χ0) is 9.84. The Kier molecular flexibility index (Phi) is 3.30. The van der Waals surface area contributed by atoms with Crippen LogP contribution in [0.1, 0.15) is 0 Å². The SMILES string of the molecule is FC(F)C(F)Oc1ccc(Cl)nn1. The summed E-state index contributed by atoms with van der Waals surface area (Å²) in [7, 11) is 0. The van der Waals surface area contributed by atoms with Gasteiger partial charge in [0.2, 0.25) is 5.88 Å². The van der Waals surface area contributed by atoms with Gasteiger partial charge in [-0.05, 0) is 6.07 Å². The number of rotatable bonds is 3. The Hall–Kier alpha value is -1.04. The second kappa shape index (κ2) is 4.27. The summed E-state index contributed by atoms with van der Waals surface area (Å²) in [6.07, 6.45) is -5.91. The van der Waals surface area contributed by atoms with Gasteiger partial charge in [-0.25, -0.2) is 8.78 Å². The Labute approximate surface area is 76.5 Å². The van der Waals surface area contributed by atoms with Gasteiger partial charge in [-0.15, -0.1) is 10.2 Å². The van der Waals surface area contributed by atoms with Crippen LogP contribution in [0.25, 0.3) is 0 Å². The molecule has 1 atom stereocenters. The van der Waals surface area contributed by atoms with Gasteiger partial charge in [0.05, 0.1) is 0 Å². The van der Waals surface area contributed by atoms with Crippen molar-refractivity contribution in [3.8, 4) is 5.88 Å². The molecule has 0 spiro atoms. The van der Waals surface area contributed by atoms with E-state index in [0.717, 1.165) is 6.07 Å². The number of hydrogen-bond acceptors (Lipinski definition) is 3. The summed E-state index contributed by atoms with van der Waals surface area (Å²) in [5, 5.41) is 6.56. The Morgan fingerprint density at radius 3 is 2.38 bits per heavy atom. The average molecular weight is 213 g/mol. The van der Waals surface area contributed by atoms with Crippen LogP contribution in [0, 0.1) is 0 Å². The first-order valence-electron chi connectivity index (χ1n) is 3.17. The molecule has 1 aromatic heterocycles. The highest BCUT2D eigenvalue weighted by molar-refractivity contribution is 6.29. The van der Waals surface area contributed by atoms with Gasteiger partial charge in [0.25, 0.3) is 6.36 Å². The van der Waals surface area contributed by atoms with Gasteiger partial charge in [0, 0.05) is 6.07 Å². The summed E-state index contributed by atoms with van der Waals surface area (Å²) in [6.45, 7) is 0. The summed E-state index contributed by atoms with van der Waals surface area (Å²) in [6, 6.07) is 2.40. The summed E-state index contributed by atoms with van der Waals surface area (Å²) < 4.78 is 39.6. The third-order valence-electron chi connectivity index (χ3n) is 1.04. The van der Waals surface area contributed by atoms with Crippen molar-refractivity contribution in [2.75, 3.05) is 0 Å². The largest absolute Gasteiger partial charge is 0.436 e. The fourth-order valence-electron chi connectivity index (χ4n) is 0.533. The van der Waals surface area contributed by atoms with Crippen molar-refractivity contribution in [1.29, 1.82) is 0 Å². The lowest BCUT2D eigenvalue weighted by atomic mass is 10.5. The van der Waals surface area contributed by atoms with E-state index in [2.05, 4.69) is 14.9 Å². The molecule has 0 aliphatic carbocycles. The van der Waals surface area contributed by atoms with Gasteiger partial charge in [-0.2, -0.15) is 4.39 Å². The Morgan fingerprint density at radius 1 is 1.23 bits per heavy atom. The molecular weight excluding hydrogens is 209 g/mol. The van der Waals surface area contributed by atoms with Crippen molar-refractivity contribution in [2.45, 2.75) is 12.8 Å². The number of alkyl halides is 3. The van der Waals surface area contributed by atoms with E-state index in [0.29, 0.717) is 0 Å². The third kappa shape index (κ3) is 3.06. The van der Waals surface area contributed by atoms with Crippen LogP contribution < -0.4 is 4.74 Å². The molecule has 0 fully saturated rings. The highest BCUT2D eigenvalue weighted by atomic mass is 35.5. The van der Waals surface area contributed by atoms with Crippen LogP contribution in [0.3, 0.4) is 0 Å². The second-order valence-corrected chi connectivity index (χ2v) is 2.39. The van der Waals surface area contributed by atoms with Gasteiger partial charge >= 0.3 is 6.43 Å². The molecule has 0 aromatic carbocycles. The van der Waals surface area contributed by atoms with Crippen molar-refractivity contribution in [3.63, 3.8) is 0 Å². The molecule has 0 N–H and O–H groups in total. The molecule has 0 aliphatic rings. The maximum absolute atomic E-state index is 12.2. The van der Waals surface area contributed by atoms with Crippen molar-refractivity contribution in [2.24, 2.45) is 0 Å². The molecule has 0 saturated heterocycles. The molecule has 0 amide bonds. The van der Waals surface area contributed by atoms with E-state index in [4.69, 9.17) is 11.6 Å². The molecule has 0 saturated carbocycles. The number of aromatic nitrogens is 2. The van der Waals surface area contributed by atoms with Crippen LogP contribution in [0.5, 0.6) is 5.88 Å². The normalized spacial score (nSPS) is 13.0. The van der Waals surface area contributed by atoms with E-state index in [1.807, 2.05) is 0 Å². The molecular formula is C6H4ClF3N2O. The van der Waals surface area contributed by atoms with E-state index in [9.17, 15) is 13.2 Å². The Morgan fingerprint density at radius 2 is 1.92 bits per heavy atom. The molecule has 0 bridgehead atoms. The van der Waals surface area contributed by atoms with Crippen molar-refractivity contribution in [3.05, 3.63) is 17.3 Å². The quantitative estimate of drug-likeness (QED) is 0.769. The fourth-order valence-corrected chi connectivity index (χ4v) is 0.634. The van der Waals surface area contributed by atoms with Crippen LogP contribution in [0.2, 0.25) is 5.15 Å². The van der Waals surface area contributed by atoms with Gasteiger partial charge in [-0.1, -0.05) is 11.6 Å². The van der Waals surface area contributed by atoms with E-state index in [1.54, 1.807) is 0 Å². The topological polar surface area (TPSA) is 35.0 Å². The fraction of sp³-hybridized carbons (Fsp3) is 0.333. The molecule has 0 aliphatic heterocycles. The predicted octanol–water partition coefficient (Wildman–Crippen LogP) is 2.07. The lowest BCUT2D eigenvalue weighted by Gasteiger charge is -2.07. The minimum atomic E-state index is -3.21. The number of ether oxygens (including phenoxy) is 1. The van der Waals surface area contributed by atoms with Crippen LogP contribution >= 0.6 is 11.6 Å². The number of nitrogens with zero attached hydrogens (tertiary/aromatic N) is 2. The first kappa shape index (κ1) is 10.0. The van der Waals surface area contributed by atoms with Crippen molar-refractivity contribution in [1.82, 2.24) is 10.2 Å². The summed E-state index contributed by atoms with van der Waals surface area (Å²) in [4.78, 5) is 0. The van der Waals surface area contributed by atoms with Crippen molar-refractivity contribution < 1.29 is 17.9 Å². The van der Waals surface area contributed by atoms with E-state index in [-0.39, 0.29) is 11.0 Å². The number of halogens is 4. The highest BCUT2D eigenvalue weighted by Crippen LogP contribution is 2.13. The maximum atomic E-state index is 12.2. The molecule has 3 nitrogen and oxygen atoms in total. The lowest BCUT2D eigenvalue weighted by Crippen LogP contribution is -2.20. The van der Waals surface area contributed by atoms with Crippen LogP contribution in [-0.4, -0.2) is 23.0 Å². The average Bonchev–Trinajstić information content (AvgIpc) is 2.08. The minimum absolute atomic E-state index is 0.0693. The van der Waals surface area contributed by atoms with Crippen LogP contribution in [0.15, 0.2) is 12.1 Å². The molecule has 0 radical (unpaired) electrons. The van der Waals surface area contributed by atoms with Crippen molar-refractivity contribution >= 4 is 11.6 Å². The number of hydrogen-bond donors (Lipinski definition) is 0. The first-order valence-corrected chi connectivity index (χ1v) is 3.55. The first-order chi connectivity index (χ1) is 6.09. The van der Waals surface area contributed by atoms with E-state index >= 15 is 0 Å². The third-order valence-corrected chi connectivity index (χ3v) is 1.24. The van der Waals surface area contributed by atoms with Gasteiger partial charge in [0.15, 0.2) is 5.15 Å². The molecule has 13 heavy (non-hydrogen) atoms. The van der Waals surface area contributed by atoms with Gasteiger partial charge < -0.3 is 4.74 Å². The summed E-state index contributed by atoms with van der Waals surface area (Å²) in [5.41, 5.74) is 0. The Bertz CT molecular complexity index is 269. The molecule has 1 aromatic rings. The standard InChI is InChI=1S/C6H4ClF3N2O/c7-3-1-2-4(12-11-3)13-6(10)5(8)9/h1-2,5-6H. The highest BCUT2D eigenvalue weighted by Gasteiger charge is 2.21. The van der Waals surface area contributed by atoms with E-state index < -0.39 is 12.8 Å². The van der Waals surface area contributed by atoms with Crippen LogP contribution in [0.4, 0.5) is 13.2 Å². The maximum Gasteiger partial charge on any atom is 0.304 e. The Balaban J connectivity index is 2.59. The monoisotopic (exact) mass is 212 g/mol. The predicted molar refractivity (Wildman–Crippen MR) is 38.6 cm³/mol. The summed E-state index contributed by atoms with van der Waals surface area (Å²) in [5.74, 6) is -0.336. The zero-order valence-corrected chi connectivity index (χ0v) is 6.88. The van der Waals surface area contributed by atoms with Gasteiger partial charge in [0.1, 0.15) is 0 Å². The molecule has 1 rings (SSSR count). The molecule has 72 valence electrons. The second-order valence-electron chi connectivity index (χ2n) is 2.00. The molecule has 1 heterocycles. The summed E-state index contributed by atoms with van der Waals surface area (Å²) >= 11 is 5.34. The van der Waals surface area contributed by atoms with Gasteiger partial charge in [-0.3, -0.25) is 0 Å². The molecule has 7 heteroatoms. The van der Waals surface area contributed by atoms with Crippen LogP contribution in [-0.2, 0) is 0 Å². The smallest absolute Gasteiger partial charge is 0.304 e. The molecule has 1 unspecified atom stereocenters. The van der Waals surface area contributed by atoms with E-state index in [1.165, 1.54) is 6.07 Å².